The molecule has 1 aromatic heterocycles. The highest BCUT2D eigenvalue weighted by Crippen LogP contribution is 2.37. The average molecular weight is 375 g/mol. The van der Waals surface area contributed by atoms with E-state index in [1.54, 1.807) is 25.1 Å². The minimum Gasteiger partial charge on any atom is -0.316 e. The van der Waals surface area contributed by atoms with Crippen LogP contribution in [0.4, 0.5) is 9.39 Å². The van der Waals surface area contributed by atoms with Crippen molar-refractivity contribution >= 4 is 34.0 Å². The van der Waals surface area contributed by atoms with Crippen LogP contribution in [0, 0.1) is 17.1 Å². The van der Waals surface area contributed by atoms with E-state index >= 15 is 0 Å². The first kappa shape index (κ1) is 18.0. The first-order valence-corrected chi connectivity index (χ1v) is 10.1. The van der Waals surface area contributed by atoms with Crippen LogP contribution in [0.1, 0.15) is 42.2 Å². The molecule has 1 aliphatic carbocycles. The number of halogens is 1. The van der Waals surface area contributed by atoms with E-state index in [9.17, 15) is 14.4 Å². The summed E-state index contributed by atoms with van der Waals surface area (Å²) in [5, 5.41) is 12.6. The molecule has 1 aliphatic rings. The third-order valence-corrected chi connectivity index (χ3v) is 6.64. The van der Waals surface area contributed by atoms with Crippen molar-refractivity contribution in [3.63, 3.8) is 0 Å². The van der Waals surface area contributed by atoms with Crippen molar-refractivity contribution < 1.29 is 9.18 Å². The maximum atomic E-state index is 13.8. The van der Waals surface area contributed by atoms with Gasteiger partial charge < -0.3 is 5.32 Å². The van der Waals surface area contributed by atoms with Crippen molar-refractivity contribution in [1.82, 2.24) is 0 Å². The number of carbonyl (C=O) groups excluding carboxylic acids is 1. The number of rotatable bonds is 4. The predicted molar refractivity (Wildman–Crippen MR) is 101 cm³/mol. The molecule has 0 aliphatic heterocycles. The molecule has 2 aromatic rings. The van der Waals surface area contributed by atoms with Gasteiger partial charge in [-0.15, -0.1) is 23.1 Å². The highest BCUT2D eigenvalue weighted by molar-refractivity contribution is 8.00. The van der Waals surface area contributed by atoms with Gasteiger partial charge in [0.15, 0.2) is 0 Å². The van der Waals surface area contributed by atoms with Gasteiger partial charge >= 0.3 is 0 Å². The van der Waals surface area contributed by atoms with Gasteiger partial charge in [0.05, 0.1) is 10.8 Å². The number of nitrogens with one attached hydrogen (secondary N) is 1. The Labute approximate surface area is 155 Å². The van der Waals surface area contributed by atoms with Crippen molar-refractivity contribution in [2.45, 2.75) is 49.2 Å². The number of benzene rings is 1. The summed E-state index contributed by atoms with van der Waals surface area (Å²) in [5.41, 5.74) is 1.72. The Morgan fingerprint density at radius 2 is 2.08 bits per heavy atom. The van der Waals surface area contributed by atoms with Crippen LogP contribution in [0.25, 0.3) is 0 Å². The lowest BCUT2D eigenvalue weighted by atomic mass is 10.1. The van der Waals surface area contributed by atoms with Crippen molar-refractivity contribution in [1.29, 1.82) is 5.26 Å². The molecule has 3 nitrogen and oxygen atoms in total. The summed E-state index contributed by atoms with van der Waals surface area (Å²) < 4.78 is 13.8. The Morgan fingerprint density at radius 3 is 2.84 bits per heavy atom. The minimum absolute atomic E-state index is 0.207. The zero-order chi connectivity index (χ0) is 17.8. The first-order chi connectivity index (χ1) is 12.1. The van der Waals surface area contributed by atoms with Crippen LogP contribution in [0.2, 0.25) is 0 Å². The van der Waals surface area contributed by atoms with E-state index in [1.165, 1.54) is 40.5 Å². The van der Waals surface area contributed by atoms with Crippen LogP contribution in [-0.2, 0) is 17.6 Å². The van der Waals surface area contributed by atoms with Crippen LogP contribution < -0.4 is 5.32 Å². The molecule has 1 aromatic carbocycles. The molecule has 25 heavy (non-hydrogen) atoms. The fourth-order valence-corrected chi connectivity index (χ4v) is 5.07. The molecule has 0 spiro atoms. The first-order valence-electron chi connectivity index (χ1n) is 8.37. The largest absolute Gasteiger partial charge is 0.316 e. The van der Waals surface area contributed by atoms with Gasteiger partial charge in [0.2, 0.25) is 5.91 Å². The number of nitrogens with zero attached hydrogens (tertiary/aromatic N) is 1. The molecule has 1 N–H and O–H groups in total. The maximum absolute atomic E-state index is 13.8. The third kappa shape index (κ3) is 4.05. The minimum atomic E-state index is -0.453. The zero-order valence-electron chi connectivity index (χ0n) is 14.0. The standard InChI is InChI=1S/C19H19FN2OS2/c1-12(24-17-10-6-5-8-15(17)20)18(23)22-19-14(11-21)13-7-3-2-4-9-16(13)25-19/h5-6,8,10,12H,2-4,7,9H2,1H3,(H,22,23)/t12-/m0/s1. The van der Waals surface area contributed by atoms with Gasteiger partial charge in [0.1, 0.15) is 16.9 Å². The molecule has 0 unspecified atom stereocenters. The van der Waals surface area contributed by atoms with Gasteiger partial charge in [-0.1, -0.05) is 18.6 Å². The number of hydrogen-bond donors (Lipinski definition) is 1. The van der Waals surface area contributed by atoms with Gasteiger partial charge in [0, 0.05) is 9.77 Å². The second-order valence-electron chi connectivity index (χ2n) is 6.06. The molecule has 0 radical (unpaired) electrons. The lowest BCUT2D eigenvalue weighted by Gasteiger charge is -2.12. The number of nitriles is 1. The Bertz CT molecular complexity index is 825. The zero-order valence-corrected chi connectivity index (χ0v) is 15.6. The Balaban J connectivity index is 1.75. The number of amides is 1. The smallest absolute Gasteiger partial charge is 0.238 e. The normalized spacial score (nSPS) is 14.9. The SMILES string of the molecule is C[C@H](Sc1ccccc1F)C(=O)Nc1sc2c(c1C#N)CCCCC2. The number of thioether (sulfide) groups is 1. The summed E-state index contributed by atoms with van der Waals surface area (Å²) in [6.07, 6.45) is 5.29. The molecular weight excluding hydrogens is 355 g/mol. The summed E-state index contributed by atoms with van der Waals surface area (Å²) in [6, 6.07) is 8.69. The van der Waals surface area contributed by atoms with E-state index in [0.29, 0.717) is 15.5 Å². The lowest BCUT2D eigenvalue weighted by Crippen LogP contribution is -2.22. The number of thiophene rings is 1. The summed E-state index contributed by atoms with van der Waals surface area (Å²) in [5.74, 6) is -0.533. The highest BCUT2D eigenvalue weighted by Gasteiger charge is 2.23. The molecule has 0 saturated heterocycles. The summed E-state index contributed by atoms with van der Waals surface area (Å²) in [6.45, 7) is 1.75. The van der Waals surface area contributed by atoms with Gasteiger partial charge in [-0.25, -0.2) is 4.39 Å². The van der Waals surface area contributed by atoms with E-state index in [0.717, 1.165) is 31.2 Å². The van der Waals surface area contributed by atoms with Crippen LogP contribution in [0.5, 0.6) is 0 Å². The second kappa shape index (κ2) is 8.03. The second-order valence-corrected chi connectivity index (χ2v) is 8.55. The Kier molecular flexibility index (Phi) is 5.77. The maximum Gasteiger partial charge on any atom is 0.238 e. The molecule has 1 atom stereocenters. The molecule has 1 heterocycles. The van der Waals surface area contributed by atoms with Crippen LogP contribution in [-0.4, -0.2) is 11.2 Å². The van der Waals surface area contributed by atoms with Gasteiger partial charge in [-0.3, -0.25) is 4.79 Å². The van der Waals surface area contributed by atoms with Crippen LogP contribution in [0.15, 0.2) is 29.2 Å². The molecule has 3 rings (SSSR count). The van der Waals surface area contributed by atoms with E-state index in [1.807, 2.05) is 0 Å². The average Bonchev–Trinajstić information content (AvgIpc) is 2.76. The number of anilines is 1. The van der Waals surface area contributed by atoms with Gasteiger partial charge in [0.25, 0.3) is 0 Å². The molecule has 0 bridgehead atoms. The number of hydrogen-bond acceptors (Lipinski definition) is 4. The van der Waals surface area contributed by atoms with Crippen molar-refractivity contribution in [2.75, 3.05) is 5.32 Å². The van der Waals surface area contributed by atoms with E-state index in [4.69, 9.17) is 0 Å². The quantitative estimate of drug-likeness (QED) is 0.595. The molecule has 6 heteroatoms. The molecular formula is C19H19FN2OS2. The fraction of sp³-hybridized carbons (Fsp3) is 0.368. The molecule has 0 saturated carbocycles. The van der Waals surface area contributed by atoms with Crippen LogP contribution in [0.3, 0.4) is 0 Å². The van der Waals surface area contributed by atoms with Gasteiger partial charge in [-0.2, -0.15) is 5.26 Å². The van der Waals surface area contributed by atoms with E-state index < -0.39 is 5.25 Å². The summed E-state index contributed by atoms with van der Waals surface area (Å²) >= 11 is 2.70. The summed E-state index contributed by atoms with van der Waals surface area (Å²) in [4.78, 5) is 14.2. The Hall–Kier alpha value is -1.84. The molecule has 1 amide bonds. The Morgan fingerprint density at radius 1 is 1.32 bits per heavy atom. The number of aryl methyl sites for hydroxylation is 1. The van der Waals surface area contributed by atoms with E-state index in [-0.39, 0.29) is 11.7 Å². The topological polar surface area (TPSA) is 52.9 Å². The van der Waals surface area contributed by atoms with Gasteiger partial charge in [-0.05, 0) is 50.3 Å². The summed E-state index contributed by atoms with van der Waals surface area (Å²) in [7, 11) is 0. The highest BCUT2D eigenvalue weighted by atomic mass is 32.2. The molecule has 130 valence electrons. The van der Waals surface area contributed by atoms with Crippen molar-refractivity contribution in [3.8, 4) is 6.07 Å². The molecule has 0 fully saturated rings. The van der Waals surface area contributed by atoms with Crippen molar-refractivity contribution in [3.05, 3.63) is 46.1 Å². The number of carbonyl (C=O) groups is 1. The third-order valence-electron chi connectivity index (χ3n) is 4.28. The predicted octanol–water partition coefficient (Wildman–Crippen LogP) is 5.15. The van der Waals surface area contributed by atoms with E-state index in [2.05, 4.69) is 11.4 Å². The monoisotopic (exact) mass is 374 g/mol. The van der Waals surface area contributed by atoms with Crippen molar-refractivity contribution in [2.24, 2.45) is 0 Å². The number of fused-ring (bicyclic) bond motifs is 1. The van der Waals surface area contributed by atoms with Crippen LogP contribution >= 0.6 is 23.1 Å². The lowest BCUT2D eigenvalue weighted by molar-refractivity contribution is -0.115. The fourth-order valence-electron chi connectivity index (χ4n) is 2.95.